The molecule has 68 heavy (non-hydrogen) atoms. The molecule has 0 amide bonds. The molecule has 0 saturated heterocycles. The maximum absolute atomic E-state index is 6.73. The summed E-state index contributed by atoms with van der Waals surface area (Å²) < 4.78 is 9.09. The van der Waals surface area contributed by atoms with Crippen molar-refractivity contribution < 1.29 is 4.42 Å². The smallest absolute Gasteiger partial charge is 0.164 e. The molecule has 0 spiro atoms. The van der Waals surface area contributed by atoms with Crippen LogP contribution in [-0.4, -0.2) is 19.5 Å². The van der Waals surface area contributed by atoms with E-state index in [-0.39, 0.29) is 5.92 Å². The van der Waals surface area contributed by atoms with E-state index in [1.54, 1.807) is 0 Å². The summed E-state index contributed by atoms with van der Waals surface area (Å²) >= 11 is 0. The monoisotopic (exact) mass is 870 g/mol. The van der Waals surface area contributed by atoms with E-state index in [4.69, 9.17) is 19.4 Å². The quantitative estimate of drug-likeness (QED) is 0.153. The van der Waals surface area contributed by atoms with Crippen LogP contribution in [0.1, 0.15) is 23.7 Å². The molecule has 320 valence electrons. The Morgan fingerprint density at radius 2 is 0.985 bits per heavy atom. The van der Waals surface area contributed by atoms with Crippen molar-refractivity contribution in [3.05, 3.63) is 248 Å². The molecule has 5 heteroatoms. The van der Waals surface area contributed by atoms with Crippen LogP contribution in [0.15, 0.2) is 241 Å². The molecule has 1 atom stereocenters. The fourth-order valence-corrected chi connectivity index (χ4v) is 10.0. The lowest BCUT2D eigenvalue weighted by molar-refractivity contribution is 0.670. The maximum Gasteiger partial charge on any atom is 0.164 e. The van der Waals surface area contributed by atoms with Crippen LogP contribution in [0, 0.1) is 0 Å². The molecule has 0 saturated carbocycles. The van der Waals surface area contributed by atoms with Crippen molar-refractivity contribution in [2.45, 2.75) is 12.3 Å². The van der Waals surface area contributed by atoms with Crippen molar-refractivity contribution in [1.29, 1.82) is 0 Å². The molecule has 1 aliphatic carbocycles. The number of benzene rings is 9. The summed E-state index contributed by atoms with van der Waals surface area (Å²) in [6.45, 7) is 0. The van der Waals surface area contributed by atoms with Gasteiger partial charge in [-0.2, -0.15) is 0 Å². The SMILES string of the molecule is C1=CC(c2nc(-c3ccccc3)nc(-c3ccccc3)n2)=CC(c2cccc(-c3cc(-c4cccc(-c5ccc(-n6c7ccccc7c7ccccc76)cc5)c4)cc4c3oc3ccccc34)c2)C1. The Kier molecular flexibility index (Phi) is 9.57. The molecule has 5 nitrogen and oxygen atoms in total. The van der Waals surface area contributed by atoms with Crippen molar-refractivity contribution >= 4 is 49.3 Å². The van der Waals surface area contributed by atoms with Gasteiger partial charge in [-0.25, -0.2) is 15.0 Å². The van der Waals surface area contributed by atoms with Crippen molar-refractivity contribution in [2.75, 3.05) is 0 Å². The van der Waals surface area contributed by atoms with Gasteiger partial charge in [-0.3, -0.25) is 0 Å². The van der Waals surface area contributed by atoms with Gasteiger partial charge in [0.1, 0.15) is 11.2 Å². The molecule has 0 radical (unpaired) electrons. The van der Waals surface area contributed by atoms with Gasteiger partial charge in [0, 0.05) is 55.4 Å². The zero-order valence-corrected chi connectivity index (χ0v) is 37.0. The molecule has 1 aliphatic rings. The third kappa shape index (κ3) is 7.00. The van der Waals surface area contributed by atoms with Crippen molar-refractivity contribution in [2.24, 2.45) is 0 Å². The third-order valence-electron chi connectivity index (χ3n) is 13.4. The van der Waals surface area contributed by atoms with E-state index >= 15 is 0 Å². The predicted molar refractivity (Wildman–Crippen MR) is 280 cm³/mol. The van der Waals surface area contributed by atoms with E-state index in [9.17, 15) is 0 Å². The summed E-state index contributed by atoms with van der Waals surface area (Å²) in [5, 5.41) is 4.72. The molecule has 0 fully saturated rings. The molecule has 0 aliphatic heterocycles. The Bertz CT molecular complexity index is 3830. The lowest BCUT2D eigenvalue weighted by Crippen LogP contribution is -2.05. The molecule has 12 aromatic rings. The van der Waals surface area contributed by atoms with Crippen molar-refractivity contribution in [3.8, 4) is 61.8 Å². The first-order valence-electron chi connectivity index (χ1n) is 23.2. The summed E-state index contributed by atoms with van der Waals surface area (Å²) in [5.74, 6) is 2.08. The Labute approximate surface area is 393 Å². The van der Waals surface area contributed by atoms with Crippen LogP contribution < -0.4 is 0 Å². The fraction of sp³-hybridized carbons (Fsp3) is 0.0317. The number of fused-ring (bicyclic) bond motifs is 6. The number of furan rings is 1. The van der Waals surface area contributed by atoms with Gasteiger partial charge in [-0.05, 0) is 88.3 Å². The fourth-order valence-electron chi connectivity index (χ4n) is 10.0. The Balaban J connectivity index is 0.870. The maximum atomic E-state index is 6.73. The minimum absolute atomic E-state index is 0.111. The Morgan fingerprint density at radius 1 is 0.412 bits per heavy atom. The summed E-state index contributed by atoms with van der Waals surface area (Å²) in [5.41, 5.74) is 16.2. The van der Waals surface area contributed by atoms with E-state index < -0.39 is 0 Å². The van der Waals surface area contributed by atoms with Crippen LogP contribution in [0.4, 0.5) is 0 Å². The molecule has 3 aromatic heterocycles. The molecular formula is C63H42N4O. The van der Waals surface area contributed by atoms with Gasteiger partial charge in [0.2, 0.25) is 0 Å². The molecule has 3 heterocycles. The second kappa shape index (κ2) is 16.5. The Morgan fingerprint density at radius 3 is 1.69 bits per heavy atom. The zero-order valence-electron chi connectivity index (χ0n) is 37.0. The topological polar surface area (TPSA) is 56.7 Å². The molecule has 0 N–H and O–H groups in total. The van der Waals surface area contributed by atoms with Gasteiger partial charge < -0.3 is 8.98 Å². The third-order valence-corrected chi connectivity index (χ3v) is 13.4. The average molecular weight is 871 g/mol. The second-order valence-electron chi connectivity index (χ2n) is 17.5. The molecular weight excluding hydrogens is 829 g/mol. The zero-order chi connectivity index (χ0) is 45.0. The van der Waals surface area contributed by atoms with Crippen LogP contribution in [0.2, 0.25) is 0 Å². The second-order valence-corrected chi connectivity index (χ2v) is 17.5. The van der Waals surface area contributed by atoms with Gasteiger partial charge in [-0.1, -0.05) is 188 Å². The van der Waals surface area contributed by atoms with Crippen LogP contribution in [-0.2, 0) is 0 Å². The summed E-state index contributed by atoms with van der Waals surface area (Å²) in [6, 6.07) is 77.3. The standard InChI is InChI=1S/C63H42N4O/c1-3-16-42(17-4-1)61-64-62(43-18-5-2-6-19-43)66-63(65-61)49-25-15-22-46(38-49)45-21-14-24-48(37-45)55-39-50(40-56-54-28-9-12-31-59(54)68-60(55)56)47-23-13-20-44(36-47)41-32-34-51(35-33-41)67-57-29-10-7-26-52(57)53-27-8-11-30-58(53)67/h1-21,23-40,46H,22H2. The number of rotatable bonds is 8. The highest BCUT2D eigenvalue weighted by molar-refractivity contribution is 6.12. The van der Waals surface area contributed by atoms with Crippen LogP contribution in [0.25, 0.3) is 111 Å². The summed E-state index contributed by atoms with van der Waals surface area (Å²) in [6.07, 6.45) is 7.56. The predicted octanol–water partition coefficient (Wildman–Crippen LogP) is 16.3. The summed E-state index contributed by atoms with van der Waals surface area (Å²) in [7, 11) is 0. The number of allylic oxidation sites excluding steroid dienone is 4. The minimum atomic E-state index is 0.111. The first-order valence-corrected chi connectivity index (χ1v) is 23.2. The first-order chi connectivity index (χ1) is 33.7. The highest BCUT2D eigenvalue weighted by Crippen LogP contribution is 2.42. The lowest BCUT2D eigenvalue weighted by atomic mass is 9.87. The van der Waals surface area contributed by atoms with E-state index in [0.29, 0.717) is 17.5 Å². The molecule has 13 rings (SSSR count). The average Bonchev–Trinajstić information content (AvgIpc) is 3.97. The summed E-state index contributed by atoms with van der Waals surface area (Å²) in [4.78, 5) is 15.0. The minimum Gasteiger partial charge on any atom is -0.455 e. The van der Waals surface area contributed by atoms with Gasteiger partial charge in [0.25, 0.3) is 0 Å². The lowest BCUT2D eigenvalue weighted by Gasteiger charge is -2.18. The van der Waals surface area contributed by atoms with Gasteiger partial charge >= 0.3 is 0 Å². The van der Waals surface area contributed by atoms with Crippen molar-refractivity contribution in [3.63, 3.8) is 0 Å². The number of hydrogen-bond acceptors (Lipinski definition) is 4. The Hall–Kier alpha value is -8.93. The van der Waals surface area contributed by atoms with Crippen LogP contribution in [0.3, 0.4) is 0 Å². The number of para-hydroxylation sites is 3. The van der Waals surface area contributed by atoms with Gasteiger partial charge in [0.05, 0.1) is 11.0 Å². The van der Waals surface area contributed by atoms with Gasteiger partial charge in [0.15, 0.2) is 17.5 Å². The van der Waals surface area contributed by atoms with E-state index in [0.717, 1.165) is 84.1 Å². The van der Waals surface area contributed by atoms with E-state index in [1.807, 2.05) is 66.7 Å². The van der Waals surface area contributed by atoms with Crippen LogP contribution >= 0.6 is 0 Å². The van der Waals surface area contributed by atoms with Gasteiger partial charge in [-0.15, -0.1) is 0 Å². The molecule has 1 unspecified atom stereocenters. The van der Waals surface area contributed by atoms with Crippen molar-refractivity contribution in [1.82, 2.24) is 19.5 Å². The highest BCUT2D eigenvalue weighted by Gasteiger charge is 2.21. The van der Waals surface area contributed by atoms with E-state index in [2.05, 4.69) is 174 Å². The molecule has 9 aromatic carbocycles. The number of hydrogen-bond donors (Lipinski definition) is 0. The number of aromatic nitrogens is 4. The first kappa shape index (κ1) is 39.4. The molecule has 0 bridgehead atoms. The largest absolute Gasteiger partial charge is 0.455 e. The normalized spacial score (nSPS) is 13.7. The van der Waals surface area contributed by atoms with Crippen LogP contribution in [0.5, 0.6) is 0 Å². The van der Waals surface area contributed by atoms with E-state index in [1.165, 1.54) is 27.4 Å². The number of nitrogens with zero attached hydrogens (tertiary/aromatic N) is 4. The highest BCUT2D eigenvalue weighted by atomic mass is 16.3.